The van der Waals surface area contributed by atoms with E-state index in [4.69, 9.17) is 5.11 Å². The third-order valence-corrected chi connectivity index (χ3v) is 3.47. The molecule has 1 aromatic heterocycles. The van der Waals surface area contributed by atoms with Gasteiger partial charge in [0.1, 0.15) is 5.69 Å². The van der Waals surface area contributed by atoms with Gasteiger partial charge in [-0.1, -0.05) is 25.2 Å². The lowest BCUT2D eigenvalue weighted by Gasteiger charge is -2.22. The van der Waals surface area contributed by atoms with E-state index in [0.29, 0.717) is 23.7 Å². The SMILES string of the molecule is CCCCN(C(=O)c1ncccc1C#CCCO)C1CC1. The molecule has 1 aromatic rings. The highest BCUT2D eigenvalue weighted by Gasteiger charge is 2.33. The topological polar surface area (TPSA) is 53.4 Å². The van der Waals surface area contributed by atoms with Crippen LogP contribution >= 0.6 is 0 Å². The summed E-state index contributed by atoms with van der Waals surface area (Å²) >= 11 is 0. The number of rotatable bonds is 6. The molecule has 1 aliphatic rings. The first-order valence-electron chi connectivity index (χ1n) is 7.63. The molecule has 0 spiro atoms. The van der Waals surface area contributed by atoms with Gasteiger partial charge in [-0.3, -0.25) is 4.79 Å². The highest BCUT2D eigenvalue weighted by atomic mass is 16.2. The third kappa shape index (κ3) is 4.30. The number of unbranched alkanes of at least 4 members (excludes halogenated alkanes) is 1. The Morgan fingerprint density at radius 3 is 3.00 bits per heavy atom. The average Bonchev–Trinajstić information content (AvgIpc) is 3.33. The zero-order chi connectivity index (χ0) is 15.1. The summed E-state index contributed by atoms with van der Waals surface area (Å²) < 4.78 is 0. The molecule has 21 heavy (non-hydrogen) atoms. The second-order valence-corrected chi connectivity index (χ2v) is 5.26. The number of amides is 1. The summed E-state index contributed by atoms with van der Waals surface area (Å²) in [5.74, 6) is 5.79. The zero-order valence-corrected chi connectivity index (χ0v) is 12.5. The Balaban J connectivity index is 2.19. The quantitative estimate of drug-likeness (QED) is 0.816. The molecule has 0 unspecified atom stereocenters. The normalized spacial score (nSPS) is 13.4. The predicted molar refractivity (Wildman–Crippen MR) is 81.8 cm³/mol. The van der Waals surface area contributed by atoms with Crippen molar-refractivity contribution >= 4 is 5.91 Å². The lowest BCUT2D eigenvalue weighted by Crippen LogP contribution is -2.35. The van der Waals surface area contributed by atoms with Gasteiger partial charge in [-0.05, 0) is 31.4 Å². The molecule has 1 heterocycles. The van der Waals surface area contributed by atoms with E-state index in [-0.39, 0.29) is 12.5 Å². The van der Waals surface area contributed by atoms with Crippen LogP contribution in [-0.4, -0.2) is 40.1 Å². The van der Waals surface area contributed by atoms with E-state index in [9.17, 15) is 4.79 Å². The number of pyridine rings is 1. The minimum Gasteiger partial charge on any atom is -0.395 e. The third-order valence-electron chi connectivity index (χ3n) is 3.47. The van der Waals surface area contributed by atoms with E-state index in [1.807, 2.05) is 11.0 Å². The Morgan fingerprint density at radius 1 is 1.52 bits per heavy atom. The van der Waals surface area contributed by atoms with E-state index in [0.717, 1.165) is 32.2 Å². The molecule has 0 saturated heterocycles. The Morgan fingerprint density at radius 2 is 2.33 bits per heavy atom. The monoisotopic (exact) mass is 286 g/mol. The number of aromatic nitrogens is 1. The predicted octanol–water partition coefficient (Wildman–Crippen LogP) is 2.22. The Labute approximate surface area is 126 Å². The van der Waals surface area contributed by atoms with Crippen molar-refractivity contribution in [2.45, 2.75) is 45.1 Å². The van der Waals surface area contributed by atoms with Crippen molar-refractivity contribution in [1.29, 1.82) is 0 Å². The summed E-state index contributed by atoms with van der Waals surface area (Å²) in [7, 11) is 0. The lowest BCUT2D eigenvalue weighted by atomic mass is 10.1. The smallest absolute Gasteiger partial charge is 0.273 e. The van der Waals surface area contributed by atoms with Gasteiger partial charge in [0.25, 0.3) is 5.91 Å². The first kappa shape index (κ1) is 15.5. The number of aliphatic hydroxyl groups is 1. The lowest BCUT2D eigenvalue weighted by molar-refractivity contribution is 0.0734. The minimum atomic E-state index is -0.0140. The van der Waals surface area contributed by atoms with Gasteiger partial charge in [-0.15, -0.1) is 0 Å². The molecule has 1 N–H and O–H groups in total. The Bertz CT molecular complexity index is 541. The van der Waals surface area contributed by atoms with Gasteiger partial charge in [0.05, 0.1) is 12.2 Å². The van der Waals surface area contributed by atoms with Crippen LogP contribution in [0.5, 0.6) is 0 Å². The van der Waals surface area contributed by atoms with E-state index in [2.05, 4.69) is 23.7 Å². The second kappa shape index (κ2) is 7.80. The number of hydrogen-bond donors (Lipinski definition) is 1. The maximum Gasteiger partial charge on any atom is 0.273 e. The summed E-state index contributed by atoms with van der Waals surface area (Å²) in [4.78, 5) is 18.9. The summed E-state index contributed by atoms with van der Waals surface area (Å²) in [5, 5.41) is 8.80. The molecular formula is C17H22N2O2. The summed E-state index contributed by atoms with van der Waals surface area (Å²) in [6.07, 6.45) is 6.31. The van der Waals surface area contributed by atoms with Gasteiger partial charge in [0, 0.05) is 25.2 Å². The van der Waals surface area contributed by atoms with Crippen LogP contribution in [0.15, 0.2) is 18.3 Å². The number of carbonyl (C=O) groups is 1. The number of nitrogens with zero attached hydrogens (tertiary/aromatic N) is 2. The summed E-state index contributed by atoms with van der Waals surface area (Å²) in [6.45, 7) is 2.95. The average molecular weight is 286 g/mol. The molecule has 0 aliphatic heterocycles. The van der Waals surface area contributed by atoms with E-state index < -0.39 is 0 Å². The molecular weight excluding hydrogens is 264 g/mol. The zero-order valence-electron chi connectivity index (χ0n) is 12.5. The van der Waals surface area contributed by atoms with Gasteiger partial charge in [0.15, 0.2) is 0 Å². The van der Waals surface area contributed by atoms with Crippen molar-refractivity contribution in [3.63, 3.8) is 0 Å². The van der Waals surface area contributed by atoms with Crippen LogP contribution in [0.2, 0.25) is 0 Å². The van der Waals surface area contributed by atoms with Crippen molar-refractivity contribution in [1.82, 2.24) is 9.88 Å². The van der Waals surface area contributed by atoms with E-state index >= 15 is 0 Å². The molecule has 1 aliphatic carbocycles. The van der Waals surface area contributed by atoms with Crippen LogP contribution in [0.4, 0.5) is 0 Å². The highest BCUT2D eigenvalue weighted by Crippen LogP contribution is 2.28. The van der Waals surface area contributed by atoms with Gasteiger partial charge >= 0.3 is 0 Å². The maximum absolute atomic E-state index is 12.7. The van der Waals surface area contributed by atoms with Crippen LogP contribution in [0, 0.1) is 11.8 Å². The molecule has 0 atom stereocenters. The van der Waals surface area contributed by atoms with Crippen molar-refractivity contribution in [3.05, 3.63) is 29.6 Å². The first-order chi connectivity index (χ1) is 10.3. The highest BCUT2D eigenvalue weighted by molar-refractivity contribution is 5.95. The maximum atomic E-state index is 12.7. The van der Waals surface area contributed by atoms with Crippen molar-refractivity contribution in [2.75, 3.05) is 13.2 Å². The van der Waals surface area contributed by atoms with Crippen LogP contribution in [0.3, 0.4) is 0 Å². The first-order valence-corrected chi connectivity index (χ1v) is 7.63. The molecule has 0 radical (unpaired) electrons. The molecule has 0 aromatic carbocycles. The van der Waals surface area contributed by atoms with Gasteiger partial charge in [-0.2, -0.15) is 0 Å². The van der Waals surface area contributed by atoms with E-state index in [1.54, 1.807) is 12.3 Å². The van der Waals surface area contributed by atoms with Crippen molar-refractivity contribution in [2.24, 2.45) is 0 Å². The fraction of sp³-hybridized carbons (Fsp3) is 0.529. The molecule has 4 nitrogen and oxygen atoms in total. The van der Waals surface area contributed by atoms with Crippen LogP contribution in [-0.2, 0) is 0 Å². The van der Waals surface area contributed by atoms with Crippen LogP contribution in [0.25, 0.3) is 0 Å². The molecule has 1 saturated carbocycles. The number of carbonyl (C=O) groups excluding carboxylic acids is 1. The molecule has 4 heteroatoms. The standard InChI is InChI=1S/C17H22N2O2/c1-2-3-12-19(15-9-10-15)17(21)16-14(7-4-5-13-20)8-6-11-18-16/h6,8,11,15,20H,2-3,5,9-10,12-13H2,1H3. The largest absolute Gasteiger partial charge is 0.395 e. The van der Waals surface area contributed by atoms with E-state index in [1.165, 1.54) is 0 Å². The fourth-order valence-electron chi connectivity index (χ4n) is 2.19. The summed E-state index contributed by atoms with van der Waals surface area (Å²) in [6, 6.07) is 3.98. The van der Waals surface area contributed by atoms with Crippen molar-refractivity contribution in [3.8, 4) is 11.8 Å². The number of aliphatic hydroxyl groups excluding tert-OH is 1. The molecule has 0 bridgehead atoms. The second-order valence-electron chi connectivity index (χ2n) is 5.26. The van der Waals surface area contributed by atoms with Crippen molar-refractivity contribution < 1.29 is 9.90 Å². The van der Waals surface area contributed by atoms with Crippen LogP contribution in [0.1, 0.15) is 55.1 Å². The molecule has 1 amide bonds. The molecule has 1 fully saturated rings. The summed E-state index contributed by atoms with van der Waals surface area (Å²) in [5.41, 5.74) is 1.09. The van der Waals surface area contributed by atoms with Crippen LogP contribution < -0.4 is 0 Å². The Kier molecular flexibility index (Phi) is 5.77. The molecule has 112 valence electrons. The number of hydrogen-bond acceptors (Lipinski definition) is 3. The fourth-order valence-corrected chi connectivity index (χ4v) is 2.19. The van der Waals surface area contributed by atoms with Gasteiger partial charge in [0.2, 0.25) is 0 Å². The Hall–Kier alpha value is -1.86. The van der Waals surface area contributed by atoms with Gasteiger partial charge < -0.3 is 10.0 Å². The van der Waals surface area contributed by atoms with Gasteiger partial charge in [-0.25, -0.2) is 4.98 Å². The minimum absolute atomic E-state index is 0.0140. The molecule has 2 rings (SSSR count).